The molecular weight excluding hydrogens is 295 g/mol. The van der Waals surface area contributed by atoms with Crippen LogP contribution < -0.4 is 4.74 Å². The molecule has 0 bridgehead atoms. The normalized spacial score (nSPS) is 29.7. The van der Waals surface area contributed by atoms with Gasteiger partial charge in [-0.15, -0.1) is 0 Å². The lowest BCUT2D eigenvalue weighted by Crippen LogP contribution is -2.50. The summed E-state index contributed by atoms with van der Waals surface area (Å²) < 4.78 is 45.2. The summed E-state index contributed by atoms with van der Waals surface area (Å²) in [6, 6.07) is 6.92. The molecule has 122 valence electrons. The van der Waals surface area contributed by atoms with Crippen LogP contribution in [0, 0.1) is 5.92 Å². The van der Waals surface area contributed by atoms with E-state index in [-0.39, 0.29) is 0 Å². The van der Waals surface area contributed by atoms with Gasteiger partial charge in [0.2, 0.25) is 0 Å². The summed E-state index contributed by atoms with van der Waals surface area (Å²) >= 11 is 0. The van der Waals surface area contributed by atoms with E-state index in [9.17, 15) is 18.3 Å². The lowest BCUT2D eigenvalue weighted by Gasteiger charge is -2.39. The Bertz CT molecular complexity index is 520. The Morgan fingerprint density at radius 1 is 1.27 bits per heavy atom. The van der Waals surface area contributed by atoms with Crippen molar-refractivity contribution < 1.29 is 23.0 Å². The monoisotopic (exact) mass is 315 g/mol. The van der Waals surface area contributed by atoms with E-state index in [1.165, 1.54) is 0 Å². The lowest BCUT2D eigenvalue weighted by atomic mass is 9.89. The smallest absolute Gasteiger partial charge is 0.425 e. The molecule has 1 saturated heterocycles. The molecule has 0 aliphatic carbocycles. The van der Waals surface area contributed by atoms with Crippen molar-refractivity contribution in [1.82, 2.24) is 4.90 Å². The fraction of sp³-hybridized carbons (Fsp3) is 0.625. The van der Waals surface area contributed by atoms with Crippen LogP contribution in [-0.2, 0) is 6.42 Å². The highest BCUT2D eigenvalue weighted by molar-refractivity contribution is 5.36. The van der Waals surface area contributed by atoms with Crippen LogP contribution in [0.1, 0.15) is 18.4 Å². The van der Waals surface area contributed by atoms with Crippen LogP contribution in [0.2, 0.25) is 0 Å². The number of aliphatic hydroxyl groups is 1. The van der Waals surface area contributed by atoms with E-state index < -0.39 is 24.3 Å². The van der Waals surface area contributed by atoms with Gasteiger partial charge in [-0.05, 0) is 37.4 Å². The number of benzene rings is 1. The summed E-state index contributed by atoms with van der Waals surface area (Å²) in [6.45, 7) is 1.48. The Morgan fingerprint density at radius 2 is 2.05 bits per heavy atom. The van der Waals surface area contributed by atoms with Crippen molar-refractivity contribution in [2.24, 2.45) is 5.92 Å². The summed E-state index contributed by atoms with van der Waals surface area (Å²) in [5.41, 5.74) is 0.825. The quantitative estimate of drug-likeness (QED) is 0.911. The van der Waals surface area contributed by atoms with E-state index >= 15 is 0 Å². The first-order valence-electron chi connectivity index (χ1n) is 7.65. The van der Waals surface area contributed by atoms with Crippen LogP contribution in [0.25, 0.3) is 0 Å². The van der Waals surface area contributed by atoms with Crippen LogP contribution in [0.3, 0.4) is 0 Å². The number of nitrogens with zero attached hydrogens (tertiary/aromatic N) is 1. The molecule has 3 atom stereocenters. The van der Waals surface area contributed by atoms with E-state index in [0.29, 0.717) is 25.3 Å². The third-order valence-electron chi connectivity index (χ3n) is 4.43. The highest BCUT2D eigenvalue weighted by Gasteiger charge is 2.49. The molecule has 1 fully saturated rings. The molecule has 0 radical (unpaired) electrons. The zero-order valence-corrected chi connectivity index (χ0v) is 12.2. The molecule has 2 aliphatic heterocycles. The molecule has 22 heavy (non-hydrogen) atoms. The fourth-order valence-electron chi connectivity index (χ4n) is 3.43. The van der Waals surface area contributed by atoms with Gasteiger partial charge in [0, 0.05) is 19.0 Å². The Morgan fingerprint density at radius 3 is 2.77 bits per heavy atom. The summed E-state index contributed by atoms with van der Waals surface area (Å²) in [4.78, 5) is 1.93. The Balaban J connectivity index is 1.78. The predicted molar refractivity (Wildman–Crippen MR) is 75.8 cm³/mol. The summed E-state index contributed by atoms with van der Waals surface area (Å²) in [5, 5.41) is 9.70. The highest BCUT2D eigenvalue weighted by atomic mass is 19.4. The maximum absolute atomic E-state index is 13.3. The maximum atomic E-state index is 13.3. The van der Waals surface area contributed by atoms with Crippen molar-refractivity contribution in [3.8, 4) is 5.75 Å². The van der Waals surface area contributed by atoms with Gasteiger partial charge >= 0.3 is 6.18 Å². The number of alkyl halides is 3. The molecule has 2 heterocycles. The van der Waals surface area contributed by atoms with E-state index in [1.807, 2.05) is 17.0 Å². The molecule has 0 unspecified atom stereocenters. The van der Waals surface area contributed by atoms with Crippen LogP contribution in [0.15, 0.2) is 24.3 Å². The molecule has 0 aromatic heterocycles. The minimum atomic E-state index is -4.38. The Kier molecular flexibility index (Phi) is 4.32. The van der Waals surface area contributed by atoms with Crippen LogP contribution in [0.4, 0.5) is 13.2 Å². The first kappa shape index (κ1) is 15.6. The lowest BCUT2D eigenvalue weighted by molar-refractivity contribution is -0.215. The molecule has 0 spiro atoms. The number of hydrogen-bond donors (Lipinski definition) is 1. The molecule has 0 saturated carbocycles. The number of ether oxygens (including phenoxy) is 1. The van der Waals surface area contributed by atoms with Gasteiger partial charge in [0.15, 0.2) is 6.10 Å². The van der Waals surface area contributed by atoms with Crippen molar-refractivity contribution in [2.45, 2.75) is 37.6 Å². The average molecular weight is 315 g/mol. The third-order valence-corrected chi connectivity index (χ3v) is 4.43. The number of likely N-dealkylation sites (tertiary alicyclic amines) is 1. The molecule has 1 aromatic rings. The molecule has 1 N–H and O–H groups in total. The van der Waals surface area contributed by atoms with Crippen molar-refractivity contribution in [3.63, 3.8) is 0 Å². The highest BCUT2D eigenvalue weighted by Crippen LogP contribution is 2.38. The molecule has 3 rings (SSSR count). The van der Waals surface area contributed by atoms with Crippen molar-refractivity contribution >= 4 is 0 Å². The number of aliphatic hydroxyl groups excluding tert-OH is 1. The van der Waals surface area contributed by atoms with E-state index in [2.05, 4.69) is 0 Å². The Hall–Kier alpha value is -1.27. The molecule has 6 heteroatoms. The average Bonchev–Trinajstić information content (AvgIpc) is 2.45. The first-order chi connectivity index (χ1) is 10.4. The van der Waals surface area contributed by atoms with Gasteiger partial charge in [-0.25, -0.2) is 0 Å². The van der Waals surface area contributed by atoms with Gasteiger partial charge in [-0.3, -0.25) is 0 Å². The van der Waals surface area contributed by atoms with Crippen molar-refractivity contribution in [2.75, 3.05) is 19.6 Å². The van der Waals surface area contributed by atoms with Crippen LogP contribution in [-0.4, -0.2) is 48.0 Å². The second-order valence-electron chi connectivity index (χ2n) is 6.21. The minimum Gasteiger partial charge on any atom is -0.480 e. The molecule has 2 aliphatic rings. The Labute approximate surface area is 127 Å². The number of fused-ring (bicyclic) bond motifs is 1. The van der Waals surface area contributed by atoms with E-state index in [1.54, 1.807) is 12.1 Å². The standard InChI is InChI=1S/C16H20F3NO2/c17-16(18,19)15-12(9-20-7-3-5-13(21)10-20)8-11-4-1-2-6-14(11)22-15/h1-2,4,6,12-13,15,21H,3,5,7-10H2/t12-,13-,15+/m0/s1. The summed E-state index contributed by atoms with van der Waals surface area (Å²) in [6.07, 6.45) is -4.69. The fourth-order valence-corrected chi connectivity index (χ4v) is 3.43. The van der Waals surface area contributed by atoms with Gasteiger partial charge in [-0.2, -0.15) is 13.2 Å². The first-order valence-corrected chi connectivity index (χ1v) is 7.65. The maximum Gasteiger partial charge on any atom is 0.425 e. The molecular formula is C16H20F3NO2. The molecule has 1 aromatic carbocycles. The second kappa shape index (κ2) is 6.08. The zero-order valence-electron chi connectivity index (χ0n) is 12.2. The summed E-state index contributed by atoms with van der Waals surface area (Å²) in [5.74, 6) is -0.306. The number of para-hydroxylation sites is 1. The van der Waals surface area contributed by atoms with Gasteiger partial charge < -0.3 is 14.7 Å². The number of rotatable bonds is 2. The topological polar surface area (TPSA) is 32.7 Å². The van der Waals surface area contributed by atoms with Gasteiger partial charge in [0.05, 0.1) is 6.10 Å². The predicted octanol–water partition coefficient (Wildman–Crippen LogP) is 2.63. The van der Waals surface area contributed by atoms with Gasteiger partial charge in [0.1, 0.15) is 5.75 Å². The second-order valence-corrected chi connectivity index (χ2v) is 6.21. The minimum absolute atomic E-state index is 0.301. The number of hydrogen-bond acceptors (Lipinski definition) is 3. The number of β-amino-alcohol motifs (C(OH)–C–C–N with tert-alkyl or cyclic N) is 1. The zero-order chi connectivity index (χ0) is 15.7. The van der Waals surface area contributed by atoms with Crippen molar-refractivity contribution in [1.29, 1.82) is 0 Å². The van der Waals surface area contributed by atoms with E-state index in [0.717, 1.165) is 24.9 Å². The van der Waals surface area contributed by atoms with Crippen LogP contribution >= 0.6 is 0 Å². The van der Waals surface area contributed by atoms with Crippen LogP contribution in [0.5, 0.6) is 5.75 Å². The third kappa shape index (κ3) is 3.38. The molecule has 0 amide bonds. The number of halogens is 3. The van der Waals surface area contributed by atoms with E-state index in [4.69, 9.17) is 4.74 Å². The van der Waals surface area contributed by atoms with Gasteiger partial charge in [0.25, 0.3) is 0 Å². The SMILES string of the molecule is O[C@H]1CCCN(C[C@@H]2Cc3ccccc3O[C@H]2C(F)(F)F)C1. The van der Waals surface area contributed by atoms with Gasteiger partial charge in [-0.1, -0.05) is 18.2 Å². The largest absolute Gasteiger partial charge is 0.480 e. The summed E-state index contributed by atoms with van der Waals surface area (Å²) in [7, 11) is 0. The number of piperidine rings is 1. The van der Waals surface area contributed by atoms with Crippen molar-refractivity contribution in [3.05, 3.63) is 29.8 Å². The molecule has 3 nitrogen and oxygen atoms in total.